The summed E-state index contributed by atoms with van der Waals surface area (Å²) < 4.78 is 0. The molecule has 1 N–H and O–H groups in total. The van der Waals surface area contributed by atoms with Crippen LogP contribution in [0, 0.1) is 12.3 Å². The van der Waals surface area contributed by atoms with Gasteiger partial charge in [-0.15, -0.1) is 6.42 Å². The van der Waals surface area contributed by atoms with Gasteiger partial charge in [0.25, 0.3) is 0 Å². The Morgan fingerprint density at radius 3 is 2.55 bits per heavy atom. The number of hydrogen-bond donors (Lipinski definition) is 1. The van der Waals surface area contributed by atoms with E-state index >= 15 is 0 Å². The summed E-state index contributed by atoms with van der Waals surface area (Å²) in [6.45, 7) is 5.27. The second kappa shape index (κ2) is 7.63. The van der Waals surface area contributed by atoms with Gasteiger partial charge in [-0.25, -0.2) is 0 Å². The van der Waals surface area contributed by atoms with Gasteiger partial charge in [0.05, 0.1) is 6.04 Å². The second-order valence-corrected chi connectivity index (χ2v) is 2.77. The maximum absolute atomic E-state index is 5.33. The number of terminal acetylenes is 1. The van der Waals surface area contributed by atoms with Crippen LogP contribution < -0.4 is 5.32 Å². The molecular weight excluding hydrogens is 134 g/mol. The summed E-state index contributed by atoms with van der Waals surface area (Å²) in [6.07, 6.45) is 10.3. The largest absolute Gasteiger partial charge is 0.304 e. The fourth-order valence-corrected chi connectivity index (χ4v) is 1.09. The molecule has 0 bridgehead atoms. The van der Waals surface area contributed by atoms with E-state index in [1.165, 1.54) is 19.3 Å². The molecular formula is C10H19N. The summed E-state index contributed by atoms with van der Waals surface area (Å²) in [4.78, 5) is 0. The Labute approximate surface area is 70.6 Å². The van der Waals surface area contributed by atoms with Crippen molar-refractivity contribution in [2.75, 3.05) is 6.54 Å². The van der Waals surface area contributed by atoms with Crippen LogP contribution >= 0.6 is 0 Å². The molecule has 0 saturated carbocycles. The first-order valence-corrected chi connectivity index (χ1v) is 4.54. The molecule has 1 heteroatoms. The molecule has 0 aliphatic heterocycles. The summed E-state index contributed by atoms with van der Waals surface area (Å²) in [5.74, 6) is 2.75. The van der Waals surface area contributed by atoms with Gasteiger partial charge in [0, 0.05) is 0 Å². The zero-order valence-corrected chi connectivity index (χ0v) is 7.69. The van der Waals surface area contributed by atoms with Crippen molar-refractivity contribution < 1.29 is 0 Å². The van der Waals surface area contributed by atoms with Gasteiger partial charge in [0.15, 0.2) is 0 Å². The van der Waals surface area contributed by atoms with Crippen LogP contribution in [0.25, 0.3) is 0 Å². The third kappa shape index (κ3) is 5.94. The molecule has 11 heavy (non-hydrogen) atoms. The van der Waals surface area contributed by atoms with E-state index in [-0.39, 0.29) is 0 Å². The number of rotatable bonds is 6. The van der Waals surface area contributed by atoms with E-state index in [4.69, 9.17) is 6.42 Å². The van der Waals surface area contributed by atoms with Gasteiger partial charge in [-0.1, -0.05) is 39.0 Å². The standard InChI is InChI=1S/C10H19N/c1-4-7-8-9-10(5-2)11-6-3/h2,10-11H,4,6-9H2,1,3H3. The van der Waals surface area contributed by atoms with Crippen molar-refractivity contribution in [2.45, 2.75) is 45.6 Å². The average molecular weight is 153 g/mol. The maximum Gasteiger partial charge on any atom is 0.0686 e. The highest BCUT2D eigenvalue weighted by Gasteiger charge is 2.00. The Morgan fingerprint density at radius 2 is 2.09 bits per heavy atom. The third-order valence-electron chi connectivity index (χ3n) is 1.75. The van der Waals surface area contributed by atoms with Crippen LogP contribution in [-0.4, -0.2) is 12.6 Å². The normalized spacial score (nSPS) is 12.5. The van der Waals surface area contributed by atoms with Gasteiger partial charge < -0.3 is 5.32 Å². The van der Waals surface area contributed by atoms with Crippen LogP contribution in [0.3, 0.4) is 0 Å². The van der Waals surface area contributed by atoms with Crippen molar-refractivity contribution in [3.8, 4) is 12.3 Å². The van der Waals surface area contributed by atoms with E-state index in [1.807, 2.05) is 0 Å². The summed E-state index contributed by atoms with van der Waals surface area (Å²) in [5, 5.41) is 3.26. The molecule has 0 heterocycles. The summed E-state index contributed by atoms with van der Waals surface area (Å²) in [6, 6.07) is 0.298. The minimum Gasteiger partial charge on any atom is -0.304 e. The molecule has 64 valence electrons. The molecule has 0 aromatic rings. The summed E-state index contributed by atoms with van der Waals surface area (Å²) >= 11 is 0. The molecule has 0 radical (unpaired) electrons. The Hall–Kier alpha value is -0.480. The minimum atomic E-state index is 0.298. The molecule has 0 aromatic carbocycles. The number of hydrogen-bond acceptors (Lipinski definition) is 1. The monoisotopic (exact) mass is 153 g/mol. The van der Waals surface area contributed by atoms with E-state index in [9.17, 15) is 0 Å². The van der Waals surface area contributed by atoms with Crippen molar-refractivity contribution in [3.63, 3.8) is 0 Å². The highest BCUT2D eigenvalue weighted by atomic mass is 14.9. The van der Waals surface area contributed by atoms with Crippen molar-refractivity contribution >= 4 is 0 Å². The quantitative estimate of drug-likeness (QED) is 0.455. The highest BCUT2D eigenvalue weighted by molar-refractivity contribution is 4.98. The van der Waals surface area contributed by atoms with E-state index in [2.05, 4.69) is 25.1 Å². The first-order chi connectivity index (χ1) is 5.35. The molecule has 0 aliphatic carbocycles. The Balaban J connectivity index is 3.30. The smallest absolute Gasteiger partial charge is 0.0686 e. The summed E-state index contributed by atoms with van der Waals surface area (Å²) in [5.41, 5.74) is 0. The van der Waals surface area contributed by atoms with Crippen LogP contribution in [-0.2, 0) is 0 Å². The van der Waals surface area contributed by atoms with Gasteiger partial charge >= 0.3 is 0 Å². The average Bonchev–Trinajstić information content (AvgIpc) is 2.03. The van der Waals surface area contributed by atoms with Crippen molar-refractivity contribution in [2.24, 2.45) is 0 Å². The van der Waals surface area contributed by atoms with Crippen LogP contribution in [0.15, 0.2) is 0 Å². The molecule has 0 rings (SSSR count). The van der Waals surface area contributed by atoms with Crippen LogP contribution in [0.2, 0.25) is 0 Å². The minimum absolute atomic E-state index is 0.298. The Bertz CT molecular complexity index is 113. The lowest BCUT2D eigenvalue weighted by atomic mass is 10.1. The van der Waals surface area contributed by atoms with Crippen molar-refractivity contribution in [3.05, 3.63) is 0 Å². The molecule has 1 nitrogen and oxygen atoms in total. The van der Waals surface area contributed by atoms with E-state index in [0.717, 1.165) is 13.0 Å². The topological polar surface area (TPSA) is 12.0 Å². The third-order valence-corrected chi connectivity index (χ3v) is 1.75. The van der Waals surface area contributed by atoms with Gasteiger partial charge in [-0.2, -0.15) is 0 Å². The van der Waals surface area contributed by atoms with E-state index in [1.54, 1.807) is 0 Å². The number of unbranched alkanes of at least 4 members (excludes halogenated alkanes) is 2. The number of nitrogens with one attached hydrogen (secondary N) is 1. The Morgan fingerprint density at radius 1 is 1.36 bits per heavy atom. The Kier molecular flexibility index (Phi) is 7.29. The lowest BCUT2D eigenvalue weighted by Crippen LogP contribution is -2.26. The fourth-order valence-electron chi connectivity index (χ4n) is 1.09. The van der Waals surface area contributed by atoms with Gasteiger partial charge in [-0.05, 0) is 13.0 Å². The predicted octanol–water partition coefficient (Wildman–Crippen LogP) is 2.18. The fraction of sp³-hybridized carbons (Fsp3) is 0.800. The van der Waals surface area contributed by atoms with E-state index in [0.29, 0.717) is 6.04 Å². The SMILES string of the molecule is C#CC(CCCCC)NCC. The molecule has 0 spiro atoms. The first kappa shape index (κ1) is 10.5. The molecule has 0 aromatic heterocycles. The van der Waals surface area contributed by atoms with Crippen LogP contribution in [0.4, 0.5) is 0 Å². The lowest BCUT2D eigenvalue weighted by molar-refractivity contribution is 0.548. The molecule has 1 unspecified atom stereocenters. The lowest BCUT2D eigenvalue weighted by Gasteiger charge is -2.09. The first-order valence-electron chi connectivity index (χ1n) is 4.54. The van der Waals surface area contributed by atoms with Crippen LogP contribution in [0.1, 0.15) is 39.5 Å². The summed E-state index contributed by atoms with van der Waals surface area (Å²) in [7, 11) is 0. The molecule has 0 saturated heterocycles. The maximum atomic E-state index is 5.33. The molecule has 0 fully saturated rings. The molecule has 0 amide bonds. The zero-order chi connectivity index (χ0) is 8.53. The molecule has 0 aliphatic rings. The van der Waals surface area contributed by atoms with E-state index < -0.39 is 0 Å². The van der Waals surface area contributed by atoms with Gasteiger partial charge in [0.2, 0.25) is 0 Å². The van der Waals surface area contributed by atoms with Gasteiger partial charge in [-0.3, -0.25) is 0 Å². The second-order valence-electron chi connectivity index (χ2n) is 2.77. The predicted molar refractivity (Wildman–Crippen MR) is 50.4 cm³/mol. The molecule has 1 atom stereocenters. The van der Waals surface area contributed by atoms with Gasteiger partial charge in [0.1, 0.15) is 0 Å². The van der Waals surface area contributed by atoms with Crippen molar-refractivity contribution in [1.82, 2.24) is 5.32 Å². The highest BCUT2D eigenvalue weighted by Crippen LogP contribution is 2.02. The zero-order valence-electron chi connectivity index (χ0n) is 7.69. The van der Waals surface area contributed by atoms with Crippen LogP contribution in [0.5, 0.6) is 0 Å². The van der Waals surface area contributed by atoms with Crippen molar-refractivity contribution in [1.29, 1.82) is 0 Å².